The maximum absolute atomic E-state index is 11.2. The van der Waals surface area contributed by atoms with Gasteiger partial charge in [0, 0.05) is 0 Å². The topological polar surface area (TPSA) is 168 Å². The summed E-state index contributed by atoms with van der Waals surface area (Å²) in [5, 5.41) is 34.2. The predicted octanol–water partition coefficient (Wildman–Crippen LogP) is 0.343. The summed E-state index contributed by atoms with van der Waals surface area (Å²) in [6, 6.07) is 0.993. The second kappa shape index (κ2) is 5.77. The van der Waals surface area contributed by atoms with Gasteiger partial charge in [0.15, 0.2) is 0 Å². The first kappa shape index (κ1) is 15.1. The fraction of sp³-hybridized carbons (Fsp3) is 0. The molecule has 0 aliphatic heterocycles. The monoisotopic (exact) mass is 286 g/mol. The normalized spacial score (nSPS) is 9.70. The summed E-state index contributed by atoms with van der Waals surface area (Å²) in [7, 11) is 0. The summed E-state index contributed by atoms with van der Waals surface area (Å²) in [6.45, 7) is 0. The summed E-state index contributed by atoms with van der Waals surface area (Å²) >= 11 is 0. The second-order valence-electron chi connectivity index (χ2n) is 3.31. The number of carbonyl (C=O) groups excluding carboxylic acids is 2. The minimum Gasteiger partial charge on any atom is -0.478 e. The zero-order valence-corrected chi connectivity index (χ0v) is 9.39. The van der Waals surface area contributed by atoms with Gasteiger partial charge in [0.05, 0.1) is 22.3 Å². The first-order chi connectivity index (χ1) is 9.33. The Bertz CT molecular complexity index is 549. The minimum absolute atomic E-state index is 0.497. The molecule has 1 aromatic rings. The van der Waals surface area contributed by atoms with Crippen molar-refractivity contribution in [2.24, 2.45) is 0 Å². The SMILES string of the molecule is O=C(O)c1cc(C(=O)OO)c(C(=O)OO)cc1C(=O)O. The molecule has 0 atom stereocenters. The lowest BCUT2D eigenvalue weighted by Gasteiger charge is -2.08. The molecule has 0 aliphatic carbocycles. The number of rotatable bonds is 4. The number of benzene rings is 1. The quantitative estimate of drug-likeness (QED) is 0.447. The average molecular weight is 286 g/mol. The van der Waals surface area contributed by atoms with E-state index in [4.69, 9.17) is 20.7 Å². The molecule has 0 fully saturated rings. The van der Waals surface area contributed by atoms with E-state index >= 15 is 0 Å². The van der Waals surface area contributed by atoms with Crippen LogP contribution < -0.4 is 0 Å². The van der Waals surface area contributed by atoms with Crippen LogP contribution in [0.5, 0.6) is 0 Å². The van der Waals surface area contributed by atoms with E-state index in [2.05, 4.69) is 9.78 Å². The van der Waals surface area contributed by atoms with Crippen LogP contribution in [0.25, 0.3) is 0 Å². The number of carbonyl (C=O) groups is 4. The van der Waals surface area contributed by atoms with Gasteiger partial charge in [0.1, 0.15) is 0 Å². The van der Waals surface area contributed by atoms with Crippen molar-refractivity contribution in [2.45, 2.75) is 0 Å². The highest BCUT2D eigenvalue weighted by Crippen LogP contribution is 2.19. The van der Waals surface area contributed by atoms with Gasteiger partial charge < -0.3 is 10.2 Å². The third-order valence-electron chi connectivity index (χ3n) is 2.22. The van der Waals surface area contributed by atoms with Crippen molar-refractivity contribution >= 4 is 23.9 Å². The Morgan fingerprint density at radius 2 is 1.00 bits per heavy atom. The summed E-state index contributed by atoms with van der Waals surface area (Å²) in [4.78, 5) is 50.9. The van der Waals surface area contributed by atoms with Gasteiger partial charge in [0.25, 0.3) is 0 Å². The Morgan fingerprint density at radius 3 is 1.20 bits per heavy atom. The Labute approximate surface area is 109 Å². The highest BCUT2D eigenvalue weighted by Gasteiger charge is 2.27. The van der Waals surface area contributed by atoms with E-state index < -0.39 is 46.1 Å². The molecule has 4 N–H and O–H groups in total. The van der Waals surface area contributed by atoms with Gasteiger partial charge in [-0.3, -0.25) is 9.78 Å². The van der Waals surface area contributed by atoms with Gasteiger partial charge >= 0.3 is 23.9 Å². The number of aromatic carboxylic acids is 2. The number of hydrogen-bond acceptors (Lipinski definition) is 8. The molecule has 0 unspecified atom stereocenters. The van der Waals surface area contributed by atoms with Crippen LogP contribution in [0.3, 0.4) is 0 Å². The third-order valence-corrected chi connectivity index (χ3v) is 2.22. The standard InChI is InChI=1S/C10H6O10/c11-7(12)3-1-5(9(15)19-17)6(10(16)20-18)2-4(3)8(13)14/h1-2,17-18H,(H,11,12)(H,13,14). The molecule has 0 aliphatic rings. The van der Waals surface area contributed by atoms with Crippen LogP contribution in [0.4, 0.5) is 0 Å². The summed E-state index contributed by atoms with van der Waals surface area (Å²) in [5.74, 6) is -6.47. The Hall–Kier alpha value is -2.98. The van der Waals surface area contributed by atoms with Crippen molar-refractivity contribution in [1.29, 1.82) is 0 Å². The van der Waals surface area contributed by atoms with E-state index in [0.717, 1.165) is 0 Å². The van der Waals surface area contributed by atoms with Gasteiger partial charge in [-0.1, -0.05) is 0 Å². The van der Waals surface area contributed by atoms with E-state index in [1.165, 1.54) is 0 Å². The maximum Gasteiger partial charge on any atom is 0.373 e. The third kappa shape index (κ3) is 2.71. The molecule has 0 spiro atoms. The fourth-order valence-electron chi connectivity index (χ4n) is 1.39. The van der Waals surface area contributed by atoms with Crippen LogP contribution in [-0.4, -0.2) is 44.6 Å². The van der Waals surface area contributed by atoms with Crippen molar-refractivity contribution in [1.82, 2.24) is 0 Å². The molecular formula is C10H6O10. The van der Waals surface area contributed by atoms with Crippen LogP contribution in [-0.2, 0) is 9.78 Å². The van der Waals surface area contributed by atoms with Crippen molar-refractivity contribution in [3.63, 3.8) is 0 Å². The maximum atomic E-state index is 11.2. The van der Waals surface area contributed by atoms with Crippen LogP contribution in [0.15, 0.2) is 12.1 Å². The molecular weight excluding hydrogens is 280 g/mol. The number of hydrogen-bond donors (Lipinski definition) is 4. The Kier molecular flexibility index (Phi) is 4.35. The van der Waals surface area contributed by atoms with Gasteiger partial charge in [-0.25, -0.2) is 19.2 Å². The number of carboxylic acid groups (broad SMARTS) is 2. The molecule has 0 saturated carbocycles. The molecule has 0 saturated heterocycles. The lowest BCUT2D eigenvalue weighted by molar-refractivity contribution is -0.185. The van der Waals surface area contributed by atoms with Crippen molar-refractivity contribution < 1.29 is 49.7 Å². The van der Waals surface area contributed by atoms with Crippen molar-refractivity contribution in [3.05, 3.63) is 34.4 Å². The smallest absolute Gasteiger partial charge is 0.373 e. The average Bonchev–Trinajstić information content (AvgIpc) is 2.43. The largest absolute Gasteiger partial charge is 0.478 e. The van der Waals surface area contributed by atoms with Gasteiger partial charge in [-0.2, -0.15) is 10.5 Å². The summed E-state index contributed by atoms with van der Waals surface area (Å²) in [5.41, 5.74) is -3.25. The van der Waals surface area contributed by atoms with E-state index in [1.807, 2.05) is 0 Å². The zero-order valence-electron chi connectivity index (χ0n) is 9.39. The van der Waals surface area contributed by atoms with Crippen LogP contribution in [0.2, 0.25) is 0 Å². The highest BCUT2D eigenvalue weighted by molar-refractivity contribution is 6.09. The van der Waals surface area contributed by atoms with Gasteiger partial charge in [0.2, 0.25) is 0 Å². The van der Waals surface area contributed by atoms with Crippen LogP contribution in [0, 0.1) is 0 Å². The highest BCUT2D eigenvalue weighted by atomic mass is 17.1. The second-order valence-corrected chi connectivity index (χ2v) is 3.31. The molecule has 106 valence electrons. The van der Waals surface area contributed by atoms with E-state index in [-0.39, 0.29) is 0 Å². The first-order valence-electron chi connectivity index (χ1n) is 4.69. The van der Waals surface area contributed by atoms with E-state index in [1.54, 1.807) is 0 Å². The molecule has 0 aromatic heterocycles. The summed E-state index contributed by atoms with van der Waals surface area (Å²) in [6.07, 6.45) is 0. The van der Waals surface area contributed by atoms with Crippen LogP contribution in [0.1, 0.15) is 41.4 Å². The molecule has 0 radical (unpaired) electrons. The molecule has 1 aromatic carbocycles. The lowest BCUT2D eigenvalue weighted by atomic mass is 9.98. The Balaban J connectivity index is 3.69. The molecule has 10 nitrogen and oxygen atoms in total. The molecule has 20 heavy (non-hydrogen) atoms. The van der Waals surface area contributed by atoms with Gasteiger partial charge in [-0.05, 0) is 12.1 Å². The molecule has 1 rings (SSSR count). The predicted molar refractivity (Wildman–Crippen MR) is 56.4 cm³/mol. The molecule has 0 bridgehead atoms. The lowest BCUT2D eigenvalue weighted by Crippen LogP contribution is -2.17. The van der Waals surface area contributed by atoms with Crippen molar-refractivity contribution in [3.8, 4) is 0 Å². The van der Waals surface area contributed by atoms with Crippen molar-refractivity contribution in [2.75, 3.05) is 0 Å². The van der Waals surface area contributed by atoms with Crippen LogP contribution >= 0.6 is 0 Å². The fourth-order valence-corrected chi connectivity index (χ4v) is 1.39. The molecule has 0 amide bonds. The van der Waals surface area contributed by atoms with E-state index in [0.29, 0.717) is 12.1 Å². The summed E-state index contributed by atoms with van der Waals surface area (Å²) < 4.78 is 0. The first-order valence-corrected chi connectivity index (χ1v) is 4.69. The molecule has 0 heterocycles. The van der Waals surface area contributed by atoms with E-state index in [9.17, 15) is 19.2 Å². The zero-order chi connectivity index (χ0) is 15.4. The minimum atomic E-state index is -1.70. The number of carboxylic acids is 2. The molecule has 10 heteroatoms. The van der Waals surface area contributed by atoms with Gasteiger partial charge in [-0.15, -0.1) is 0 Å². The Morgan fingerprint density at radius 1 is 0.700 bits per heavy atom.